The van der Waals surface area contributed by atoms with Crippen molar-refractivity contribution in [2.45, 2.75) is 44.2 Å². The zero-order chi connectivity index (χ0) is 32.4. The zero-order valence-corrected chi connectivity index (χ0v) is 26.0. The van der Waals surface area contributed by atoms with Gasteiger partial charge in [-0.05, 0) is 48.7 Å². The van der Waals surface area contributed by atoms with E-state index in [1.54, 1.807) is 18.2 Å². The quantitative estimate of drug-likeness (QED) is 0.150. The molecule has 0 saturated heterocycles. The number of carbonyl (C=O) groups is 2. The topological polar surface area (TPSA) is 130 Å². The number of anilines is 1. The Morgan fingerprint density at radius 3 is 2.02 bits per heavy atom. The first-order valence-corrected chi connectivity index (χ1v) is 16.0. The Hall–Kier alpha value is -5.03. The van der Waals surface area contributed by atoms with Crippen LogP contribution in [-0.4, -0.2) is 49.2 Å². The number of amides is 2. The van der Waals surface area contributed by atoms with Crippen molar-refractivity contribution >= 4 is 33.2 Å². The summed E-state index contributed by atoms with van der Waals surface area (Å²) in [5, 5.41) is 14.2. The highest BCUT2D eigenvalue weighted by atomic mass is 32.2. The summed E-state index contributed by atoms with van der Waals surface area (Å²) in [6.07, 6.45) is 0.899. The number of benzene rings is 4. The molecule has 11 heteroatoms. The highest BCUT2D eigenvalue weighted by Crippen LogP contribution is 2.27. The maximum absolute atomic E-state index is 14.4. The van der Waals surface area contributed by atoms with Gasteiger partial charge in [0.15, 0.2) is 0 Å². The number of nitrogens with zero attached hydrogens (tertiary/aromatic N) is 3. The Kier molecular flexibility index (Phi) is 11.0. The van der Waals surface area contributed by atoms with Crippen molar-refractivity contribution in [2.24, 2.45) is 0 Å². The van der Waals surface area contributed by atoms with Crippen LogP contribution >= 0.6 is 0 Å². The summed E-state index contributed by atoms with van der Waals surface area (Å²) in [5.74, 6) is -0.963. The van der Waals surface area contributed by atoms with Crippen LogP contribution in [0.2, 0.25) is 0 Å². The third kappa shape index (κ3) is 8.54. The number of non-ortho nitro benzene ring substituents is 1. The predicted molar refractivity (Wildman–Crippen MR) is 173 cm³/mol. The molecule has 0 aromatic heterocycles. The van der Waals surface area contributed by atoms with E-state index in [0.717, 1.165) is 21.0 Å². The molecule has 10 nitrogen and oxygen atoms in total. The molecule has 0 aliphatic carbocycles. The van der Waals surface area contributed by atoms with Gasteiger partial charge in [0, 0.05) is 31.6 Å². The molecule has 4 rings (SSSR count). The summed E-state index contributed by atoms with van der Waals surface area (Å²) in [6, 6.07) is 28.5. The van der Waals surface area contributed by atoms with Gasteiger partial charge in [0.2, 0.25) is 11.8 Å². The fourth-order valence-electron chi connectivity index (χ4n) is 4.80. The molecule has 0 spiro atoms. The number of carbonyl (C=O) groups excluding carboxylic acids is 2. The highest BCUT2D eigenvalue weighted by molar-refractivity contribution is 7.92. The van der Waals surface area contributed by atoms with Crippen LogP contribution in [0, 0.1) is 17.0 Å². The molecule has 234 valence electrons. The van der Waals surface area contributed by atoms with Crippen molar-refractivity contribution < 1.29 is 22.9 Å². The van der Waals surface area contributed by atoms with Crippen LogP contribution in [0.4, 0.5) is 11.4 Å². The monoisotopic (exact) mass is 628 g/mol. The molecule has 1 N–H and O–H groups in total. The zero-order valence-electron chi connectivity index (χ0n) is 25.2. The van der Waals surface area contributed by atoms with Gasteiger partial charge < -0.3 is 10.2 Å². The fourth-order valence-corrected chi connectivity index (χ4v) is 6.23. The van der Waals surface area contributed by atoms with Gasteiger partial charge in [-0.15, -0.1) is 0 Å². The van der Waals surface area contributed by atoms with Gasteiger partial charge in [0.25, 0.3) is 15.7 Å². The molecule has 0 radical (unpaired) electrons. The molecule has 0 aliphatic rings. The fraction of sp³-hybridized carbons (Fsp3) is 0.235. The van der Waals surface area contributed by atoms with E-state index < -0.39 is 33.4 Å². The third-order valence-electron chi connectivity index (χ3n) is 7.25. The van der Waals surface area contributed by atoms with Crippen LogP contribution in [0.15, 0.2) is 114 Å². The molecule has 45 heavy (non-hydrogen) atoms. The highest BCUT2D eigenvalue weighted by Gasteiger charge is 2.34. The van der Waals surface area contributed by atoms with Crippen LogP contribution in [0.3, 0.4) is 0 Å². The average molecular weight is 629 g/mol. The van der Waals surface area contributed by atoms with Gasteiger partial charge in [-0.2, -0.15) is 0 Å². The molecule has 0 heterocycles. The van der Waals surface area contributed by atoms with Crippen molar-refractivity contribution in [2.75, 3.05) is 17.4 Å². The summed E-state index contributed by atoms with van der Waals surface area (Å²) in [7, 11) is -4.30. The van der Waals surface area contributed by atoms with E-state index in [2.05, 4.69) is 5.32 Å². The first-order valence-electron chi connectivity index (χ1n) is 14.6. The Morgan fingerprint density at radius 2 is 1.44 bits per heavy atom. The molecular weight excluding hydrogens is 592 g/mol. The van der Waals surface area contributed by atoms with Gasteiger partial charge in [-0.3, -0.25) is 24.0 Å². The maximum Gasteiger partial charge on any atom is 0.269 e. The number of hydrogen-bond donors (Lipinski definition) is 1. The van der Waals surface area contributed by atoms with Gasteiger partial charge in [0.1, 0.15) is 12.6 Å². The lowest BCUT2D eigenvalue weighted by Crippen LogP contribution is -2.53. The summed E-state index contributed by atoms with van der Waals surface area (Å²) in [5.41, 5.74) is 2.47. The second kappa shape index (κ2) is 15.1. The van der Waals surface area contributed by atoms with E-state index >= 15 is 0 Å². The van der Waals surface area contributed by atoms with Crippen molar-refractivity contribution in [3.05, 3.63) is 136 Å². The van der Waals surface area contributed by atoms with Crippen molar-refractivity contribution in [3.63, 3.8) is 0 Å². The van der Waals surface area contributed by atoms with Crippen LogP contribution in [-0.2, 0) is 32.6 Å². The van der Waals surface area contributed by atoms with Crippen LogP contribution < -0.4 is 9.62 Å². The van der Waals surface area contributed by atoms with E-state index in [-0.39, 0.29) is 35.1 Å². The van der Waals surface area contributed by atoms with Crippen molar-refractivity contribution in [1.29, 1.82) is 0 Å². The van der Waals surface area contributed by atoms with E-state index in [1.807, 2.05) is 68.4 Å². The lowest BCUT2D eigenvalue weighted by Gasteiger charge is -2.34. The molecule has 0 fully saturated rings. The van der Waals surface area contributed by atoms with Crippen LogP contribution in [0.5, 0.6) is 0 Å². The lowest BCUT2D eigenvalue weighted by atomic mass is 10.0. The largest absolute Gasteiger partial charge is 0.354 e. The normalized spacial score (nSPS) is 11.8. The first kappa shape index (κ1) is 32.9. The molecule has 0 bridgehead atoms. The molecule has 4 aromatic carbocycles. The van der Waals surface area contributed by atoms with E-state index in [0.29, 0.717) is 13.0 Å². The third-order valence-corrected chi connectivity index (χ3v) is 9.04. The number of sulfonamides is 1. The SMILES string of the molecule is CCCNC(=O)[C@@H](Cc1ccccc1)N(Cc1ccc(C)cc1)C(=O)CN(c1ccc([N+](=O)[O-])cc1)S(=O)(=O)c1ccccc1. The molecule has 0 unspecified atom stereocenters. The van der Waals surface area contributed by atoms with E-state index in [1.165, 1.54) is 41.3 Å². The number of nitrogens with one attached hydrogen (secondary N) is 1. The second-order valence-corrected chi connectivity index (χ2v) is 12.5. The minimum absolute atomic E-state index is 0.0512. The Balaban J connectivity index is 1.79. The summed E-state index contributed by atoms with van der Waals surface area (Å²) in [6.45, 7) is 3.69. The number of hydrogen-bond acceptors (Lipinski definition) is 6. The first-order chi connectivity index (χ1) is 21.6. The van der Waals surface area contributed by atoms with E-state index in [9.17, 15) is 28.1 Å². The second-order valence-electron chi connectivity index (χ2n) is 10.6. The van der Waals surface area contributed by atoms with Crippen LogP contribution in [0.1, 0.15) is 30.0 Å². The summed E-state index contributed by atoms with van der Waals surface area (Å²) in [4.78, 5) is 40.1. The number of aryl methyl sites for hydroxylation is 1. The maximum atomic E-state index is 14.4. The van der Waals surface area contributed by atoms with Crippen LogP contribution in [0.25, 0.3) is 0 Å². The van der Waals surface area contributed by atoms with Gasteiger partial charge in [0.05, 0.1) is 15.5 Å². The number of nitro benzene ring substituents is 1. The predicted octanol–water partition coefficient (Wildman–Crippen LogP) is 5.26. The van der Waals surface area contributed by atoms with Crippen molar-refractivity contribution in [3.8, 4) is 0 Å². The molecule has 4 aromatic rings. The smallest absolute Gasteiger partial charge is 0.269 e. The Bertz CT molecular complexity index is 1700. The van der Waals surface area contributed by atoms with E-state index in [4.69, 9.17) is 0 Å². The van der Waals surface area contributed by atoms with Gasteiger partial charge in [-0.1, -0.05) is 85.3 Å². The Labute approximate surface area is 263 Å². The minimum atomic E-state index is -4.30. The molecule has 2 amide bonds. The number of nitro groups is 1. The Morgan fingerprint density at radius 1 is 0.844 bits per heavy atom. The molecule has 1 atom stereocenters. The minimum Gasteiger partial charge on any atom is -0.354 e. The van der Waals surface area contributed by atoms with Crippen molar-refractivity contribution in [1.82, 2.24) is 10.2 Å². The van der Waals surface area contributed by atoms with Gasteiger partial charge >= 0.3 is 0 Å². The summed E-state index contributed by atoms with van der Waals surface area (Å²) < 4.78 is 28.9. The van der Waals surface area contributed by atoms with Gasteiger partial charge in [-0.25, -0.2) is 8.42 Å². The standard InChI is InChI=1S/C34H36N4O6S/c1-3-22-35-34(40)32(23-27-10-6-4-7-11-27)36(24-28-16-14-26(2)15-17-28)33(39)25-37(29-18-20-30(21-19-29)38(41)42)45(43,44)31-12-8-5-9-13-31/h4-21,32H,3,22-25H2,1-2H3,(H,35,40)/t32-/m1/s1. The number of rotatable bonds is 14. The lowest BCUT2D eigenvalue weighted by molar-refractivity contribution is -0.384. The average Bonchev–Trinajstić information content (AvgIpc) is 3.05. The summed E-state index contributed by atoms with van der Waals surface area (Å²) >= 11 is 0. The molecule has 0 saturated carbocycles. The molecular formula is C34H36N4O6S. The molecule has 0 aliphatic heterocycles.